The van der Waals surface area contributed by atoms with Gasteiger partial charge in [0.15, 0.2) is 0 Å². The number of halogens is 1. The second-order valence-electron chi connectivity index (χ2n) is 3.22. The molecule has 1 aromatic carbocycles. The van der Waals surface area contributed by atoms with Gasteiger partial charge in [-0.2, -0.15) is 0 Å². The lowest BCUT2D eigenvalue weighted by atomic mass is 10.0. The van der Waals surface area contributed by atoms with Crippen molar-refractivity contribution in [3.05, 3.63) is 27.2 Å². The number of aliphatic imine (C=N–C) groups is 1. The van der Waals surface area contributed by atoms with E-state index in [2.05, 4.69) is 20.9 Å². The van der Waals surface area contributed by atoms with E-state index >= 15 is 0 Å². The minimum Gasteiger partial charge on any atom is -0.496 e. The van der Waals surface area contributed by atoms with E-state index in [-0.39, 0.29) is 0 Å². The van der Waals surface area contributed by atoms with Gasteiger partial charge in [0, 0.05) is 0 Å². The number of nitrogens with zero attached hydrogens (tertiary/aromatic N) is 1. The van der Waals surface area contributed by atoms with Gasteiger partial charge >= 0.3 is 0 Å². The van der Waals surface area contributed by atoms with Crippen molar-refractivity contribution in [3.63, 3.8) is 0 Å². The molecule has 4 heteroatoms. The summed E-state index contributed by atoms with van der Waals surface area (Å²) in [5.74, 6) is 0.795. The first-order chi connectivity index (χ1) is 7.11. The quantitative estimate of drug-likeness (QED) is 0.625. The van der Waals surface area contributed by atoms with Gasteiger partial charge in [-0.1, -0.05) is 0 Å². The molecule has 0 aromatic heterocycles. The first kappa shape index (κ1) is 12.0. The number of ether oxygens (including phenoxy) is 1. The highest BCUT2D eigenvalue weighted by molar-refractivity contribution is 9.10. The zero-order valence-corrected chi connectivity index (χ0v) is 10.5. The molecule has 0 aliphatic rings. The van der Waals surface area contributed by atoms with Gasteiger partial charge in [-0.25, -0.2) is 9.79 Å². The van der Waals surface area contributed by atoms with E-state index in [1.54, 1.807) is 13.2 Å². The zero-order valence-electron chi connectivity index (χ0n) is 8.93. The van der Waals surface area contributed by atoms with Gasteiger partial charge in [0.2, 0.25) is 6.08 Å². The van der Waals surface area contributed by atoms with E-state index < -0.39 is 0 Å². The van der Waals surface area contributed by atoms with E-state index in [0.29, 0.717) is 6.54 Å². The number of hydrogen-bond acceptors (Lipinski definition) is 3. The van der Waals surface area contributed by atoms with Crippen LogP contribution in [0.1, 0.15) is 16.7 Å². The molecule has 1 rings (SSSR count). The molecule has 0 aliphatic carbocycles. The first-order valence-electron chi connectivity index (χ1n) is 4.48. The van der Waals surface area contributed by atoms with Gasteiger partial charge in [-0.15, -0.1) is 0 Å². The van der Waals surface area contributed by atoms with Crippen molar-refractivity contribution in [2.24, 2.45) is 4.99 Å². The summed E-state index contributed by atoms with van der Waals surface area (Å²) in [7, 11) is 1.63. The largest absolute Gasteiger partial charge is 0.496 e. The highest BCUT2D eigenvalue weighted by atomic mass is 79.9. The van der Waals surface area contributed by atoms with Gasteiger partial charge in [0.1, 0.15) is 5.75 Å². The molecule has 0 spiro atoms. The Morgan fingerprint density at radius 1 is 1.53 bits per heavy atom. The Balaban J connectivity index is 3.28. The summed E-state index contributed by atoms with van der Waals surface area (Å²) in [4.78, 5) is 13.7. The Kier molecular flexibility index (Phi) is 4.06. The van der Waals surface area contributed by atoms with Crippen LogP contribution < -0.4 is 4.74 Å². The standard InChI is InChI=1S/C11H12BrNO2/c1-7-4-10(15-3)11(12)8(2)9(7)5-13-6-14/h4H,5H2,1-3H3. The Hall–Kier alpha value is -1.12. The van der Waals surface area contributed by atoms with Crippen molar-refractivity contribution in [2.75, 3.05) is 7.11 Å². The van der Waals surface area contributed by atoms with Crippen molar-refractivity contribution >= 4 is 22.0 Å². The van der Waals surface area contributed by atoms with Crippen molar-refractivity contribution in [2.45, 2.75) is 20.4 Å². The summed E-state index contributed by atoms with van der Waals surface area (Å²) >= 11 is 3.45. The molecule has 80 valence electrons. The van der Waals surface area contributed by atoms with Crippen molar-refractivity contribution in [1.82, 2.24) is 0 Å². The van der Waals surface area contributed by atoms with Crippen LogP contribution in [0.15, 0.2) is 15.5 Å². The molecule has 0 bridgehead atoms. The second kappa shape index (κ2) is 5.10. The average molecular weight is 270 g/mol. The van der Waals surface area contributed by atoms with E-state index in [1.807, 2.05) is 19.9 Å². The Morgan fingerprint density at radius 3 is 2.73 bits per heavy atom. The van der Waals surface area contributed by atoms with Crippen molar-refractivity contribution in [3.8, 4) is 5.75 Å². The number of hydrogen-bond donors (Lipinski definition) is 0. The van der Waals surface area contributed by atoms with Gasteiger partial charge in [0.05, 0.1) is 18.1 Å². The maximum absolute atomic E-state index is 10.1. The van der Waals surface area contributed by atoms with Crippen LogP contribution >= 0.6 is 15.9 Å². The molecule has 0 heterocycles. The molecule has 1 aromatic rings. The van der Waals surface area contributed by atoms with Crippen molar-refractivity contribution in [1.29, 1.82) is 0 Å². The SMILES string of the molecule is COc1cc(C)c(CN=C=O)c(C)c1Br. The van der Waals surface area contributed by atoms with Gasteiger partial charge in [-0.05, 0) is 52.5 Å². The second-order valence-corrected chi connectivity index (χ2v) is 4.01. The van der Waals surface area contributed by atoms with E-state index in [9.17, 15) is 4.79 Å². The Bertz CT molecular complexity index is 423. The monoisotopic (exact) mass is 269 g/mol. The number of carbonyl (C=O) groups excluding carboxylic acids is 1. The lowest BCUT2D eigenvalue weighted by Gasteiger charge is -2.12. The third-order valence-corrected chi connectivity index (χ3v) is 3.33. The number of aryl methyl sites for hydroxylation is 1. The molecule has 15 heavy (non-hydrogen) atoms. The number of methoxy groups -OCH3 is 1. The summed E-state index contributed by atoms with van der Waals surface area (Å²) in [5, 5.41) is 0. The predicted octanol–water partition coefficient (Wildman–Crippen LogP) is 2.91. The third-order valence-electron chi connectivity index (χ3n) is 2.34. The zero-order chi connectivity index (χ0) is 11.4. The topological polar surface area (TPSA) is 38.7 Å². The van der Waals surface area contributed by atoms with E-state index in [0.717, 1.165) is 26.9 Å². The lowest BCUT2D eigenvalue weighted by molar-refractivity contribution is 0.411. The highest BCUT2D eigenvalue weighted by Gasteiger charge is 2.11. The summed E-state index contributed by atoms with van der Waals surface area (Å²) in [6.45, 7) is 4.30. The summed E-state index contributed by atoms with van der Waals surface area (Å²) in [6, 6.07) is 1.92. The van der Waals surface area contributed by atoms with Crippen LogP contribution in [0, 0.1) is 13.8 Å². The summed E-state index contributed by atoms with van der Waals surface area (Å²) < 4.78 is 6.12. The molecule has 3 nitrogen and oxygen atoms in total. The first-order valence-corrected chi connectivity index (χ1v) is 5.27. The highest BCUT2D eigenvalue weighted by Crippen LogP contribution is 2.33. The fourth-order valence-corrected chi connectivity index (χ4v) is 1.98. The predicted molar refractivity (Wildman–Crippen MR) is 62.0 cm³/mol. The minimum atomic E-state index is 0.365. The molecular formula is C11H12BrNO2. The van der Waals surface area contributed by atoms with Gasteiger partial charge in [0.25, 0.3) is 0 Å². The van der Waals surface area contributed by atoms with Crippen molar-refractivity contribution < 1.29 is 9.53 Å². The fourth-order valence-electron chi connectivity index (χ4n) is 1.46. The number of isocyanates is 1. The smallest absolute Gasteiger partial charge is 0.235 e. The molecule has 0 atom stereocenters. The van der Waals surface area contributed by atoms with Crippen LogP contribution in [0.3, 0.4) is 0 Å². The summed E-state index contributed by atoms with van der Waals surface area (Å²) in [5.41, 5.74) is 3.14. The minimum absolute atomic E-state index is 0.365. The van der Waals surface area contributed by atoms with E-state index in [1.165, 1.54) is 0 Å². The molecule has 0 saturated carbocycles. The van der Waals surface area contributed by atoms with Crippen LogP contribution in [0.2, 0.25) is 0 Å². The molecule has 0 N–H and O–H groups in total. The number of benzene rings is 1. The maximum Gasteiger partial charge on any atom is 0.235 e. The van der Waals surface area contributed by atoms with Crippen LogP contribution in [-0.4, -0.2) is 13.2 Å². The average Bonchev–Trinajstić information content (AvgIpc) is 2.23. The summed E-state index contributed by atoms with van der Waals surface area (Å²) in [6.07, 6.45) is 1.55. The maximum atomic E-state index is 10.1. The van der Waals surface area contributed by atoms with Crippen LogP contribution in [0.4, 0.5) is 0 Å². The Morgan fingerprint density at radius 2 is 2.20 bits per heavy atom. The molecule has 0 amide bonds. The van der Waals surface area contributed by atoms with Crippen LogP contribution in [0.25, 0.3) is 0 Å². The normalized spacial score (nSPS) is 9.60. The molecular weight excluding hydrogens is 258 g/mol. The van der Waals surface area contributed by atoms with Gasteiger partial charge in [-0.3, -0.25) is 0 Å². The van der Waals surface area contributed by atoms with Crippen LogP contribution in [0.5, 0.6) is 5.75 Å². The molecule has 0 fully saturated rings. The molecule has 0 aliphatic heterocycles. The molecule has 0 saturated heterocycles. The number of rotatable bonds is 3. The molecule has 0 unspecified atom stereocenters. The van der Waals surface area contributed by atoms with E-state index in [4.69, 9.17) is 4.74 Å². The van der Waals surface area contributed by atoms with Gasteiger partial charge < -0.3 is 4.74 Å². The molecule has 0 radical (unpaired) electrons. The third kappa shape index (κ3) is 2.46. The lowest BCUT2D eigenvalue weighted by Crippen LogP contribution is -1.96. The Labute approximate surface area is 97.3 Å². The van der Waals surface area contributed by atoms with Crippen LogP contribution in [-0.2, 0) is 11.3 Å². The fraction of sp³-hybridized carbons (Fsp3) is 0.364.